The van der Waals surface area contributed by atoms with Gasteiger partial charge in [-0.05, 0) is 11.6 Å². The van der Waals surface area contributed by atoms with E-state index in [9.17, 15) is 19.7 Å². The van der Waals surface area contributed by atoms with E-state index in [0.29, 0.717) is 6.54 Å². The summed E-state index contributed by atoms with van der Waals surface area (Å²) >= 11 is 0. The van der Waals surface area contributed by atoms with Crippen molar-refractivity contribution in [3.05, 3.63) is 75.8 Å². The third-order valence-corrected chi connectivity index (χ3v) is 2.99. The quantitative estimate of drug-likeness (QED) is 0.500. The van der Waals surface area contributed by atoms with Gasteiger partial charge in [0.2, 0.25) is 0 Å². The molecular weight excluding hydrogens is 300 g/mol. The van der Waals surface area contributed by atoms with E-state index in [4.69, 9.17) is 4.74 Å². The summed E-state index contributed by atoms with van der Waals surface area (Å²) in [7, 11) is 0. The minimum absolute atomic E-state index is 0.187. The Bertz CT molecular complexity index is 715. The van der Waals surface area contributed by atoms with E-state index in [2.05, 4.69) is 5.32 Å². The number of nitro benzene ring substituents is 1. The van der Waals surface area contributed by atoms with Crippen LogP contribution in [-0.4, -0.2) is 23.4 Å². The summed E-state index contributed by atoms with van der Waals surface area (Å²) in [6, 6.07) is 14.7. The molecule has 0 heterocycles. The number of nitro groups is 1. The molecule has 118 valence electrons. The van der Waals surface area contributed by atoms with Crippen LogP contribution in [0, 0.1) is 10.1 Å². The zero-order chi connectivity index (χ0) is 16.7. The molecule has 0 aliphatic rings. The van der Waals surface area contributed by atoms with Gasteiger partial charge in [0.15, 0.2) is 6.61 Å². The molecular formula is C16H14N2O5. The summed E-state index contributed by atoms with van der Waals surface area (Å²) in [6.45, 7) is -0.194. The van der Waals surface area contributed by atoms with Crippen LogP contribution in [0.4, 0.5) is 5.69 Å². The second-order valence-corrected chi connectivity index (χ2v) is 4.61. The van der Waals surface area contributed by atoms with Gasteiger partial charge in [-0.2, -0.15) is 0 Å². The van der Waals surface area contributed by atoms with Gasteiger partial charge >= 0.3 is 5.97 Å². The predicted octanol–water partition coefficient (Wildman–Crippen LogP) is 2.07. The van der Waals surface area contributed by atoms with Gasteiger partial charge in [-0.15, -0.1) is 0 Å². The zero-order valence-corrected chi connectivity index (χ0v) is 12.1. The molecule has 1 N–H and O–H groups in total. The van der Waals surface area contributed by atoms with Crippen molar-refractivity contribution in [1.82, 2.24) is 5.32 Å². The molecule has 0 saturated heterocycles. The molecule has 0 spiro atoms. The lowest BCUT2D eigenvalue weighted by molar-refractivity contribution is -0.385. The van der Waals surface area contributed by atoms with Crippen LogP contribution >= 0.6 is 0 Å². The summed E-state index contributed by atoms with van der Waals surface area (Å²) < 4.78 is 4.81. The number of carbonyl (C=O) groups is 2. The van der Waals surface area contributed by atoms with Gasteiger partial charge in [0, 0.05) is 12.6 Å². The van der Waals surface area contributed by atoms with Gasteiger partial charge in [-0.25, -0.2) is 4.79 Å². The maximum atomic E-state index is 11.8. The standard InChI is InChI=1S/C16H14N2O5/c19-15(17-10-12-6-2-1-3-7-12)11-23-16(20)13-8-4-5-9-14(13)18(21)22/h1-9H,10-11H2,(H,17,19). The predicted molar refractivity (Wildman–Crippen MR) is 81.7 cm³/mol. The van der Waals surface area contributed by atoms with Crippen LogP contribution < -0.4 is 5.32 Å². The first-order chi connectivity index (χ1) is 11.1. The molecule has 0 saturated carbocycles. The number of carbonyl (C=O) groups excluding carboxylic acids is 2. The number of hydrogen-bond acceptors (Lipinski definition) is 5. The van der Waals surface area contributed by atoms with Crippen LogP contribution in [0.5, 0.6) is 0 Å². The molecule has 0 bridgehead atoms. The van der Waals surface area contributed by atoms with Gasteiger partial charge in [-0.3, -0.25) is 14.9 Å². The van der Waals surface area contributed by atoms with Crippen molar-refractivity contribution in [3.8, 4) is 0 Å². The average molecular weight is 314 g/mol. The number of benzene rings is 2. The van der Waals surface area contributed by atoms with Gasteiger partial charge in [-0.1, -0.05) is 42.5 Å². The number of hydrogen-bond donors (Lipinski definition) is 1. The molecule has 2 aromatic rings. The minimum Gasteiger partial charge on any atom is -0.452 e. The maximum absolute atomic E-state index is 11.8. The van der Waals surface area contributed by atoms with Gasteiger partial charge < -0.3 is 10.1 Å². The molecule has 0 aliphatic carbocycles. The molecule has 0 aliphatic heterocycles. The smallest absolute Gasteiger partial charge is 0.345 e. The third-order valence-electron chi connectivity index (χ3n) is 2.99. The topological polar surface area (TPSA) is 98.5 Å². The van der Waals surface area contributed by atoms with E-state index in [1.165, 1.54) is 24.3 Å². The van der Waals surface area contributed by atoms with E-state index >= 15 is 0 Å². The number of esters is 1. The highest BCUT2D eigenvalue weighted by atomic mass is 16.6. The maximum Gasteiger partial charge on any atom is 0.345 e. The normalized spacial score (nSPS) is 9.91. The summed E-state index contributed by atoms with van der Waals surface area (Å²) in [4.78, 5) is 33.7. The number of nitrogens with zero attached hydrogens (tertiary/aromatic N) is 1. The molecule has 0 atom stereocenters. The molecule has 1 amide bonds. The van der Waals surface area contributed by atoms with Crippen molar-refractivity contribution in [2.45, 2.75) is 6.54 Å². The number of ether oxygens (including phenoxy) is 1. The van der Waals surface area contributed by atoms with E-state index in [1.807, 2.05) is 30.3 Å². The van der Waals surface area contributed by atoms with E-state index < -0.39 is 23.4 Å². The second kappa shape index (κ2) is 7.69. The summed E-state index contributed by atoms with van der Waals surface area (Å²) in [6.07, 6.45) is 0. The lowest BCUT2D eigenvalue weighted by Crippen LogP contribution is -2.28. The minimum atomic E-state index is -0.910. The molecule has 7 nitrogen and oxygen atoms in total. The monoisotopic (exact) mass is 314 g/mol. The van der Waals surface area contributed by atoms with Crippen LogP contribution in [0.15, 0.2) is 54.6 Å². The van der Waals surface area contributed by atoms with Gasteiger partial charge in [0.1, 0.15) is 5.56 Å². The van der Waals surface area contributed by atoms with Crippen LogP contribution in [-0.2, 0) is 16.1 Å². The number of para-hydroxylation sites is 1. The Hall–Kier alpha value is -3.22. The number of rotatable bonds is 6. The first-order valence-electron chi connectivity index (χ1n) is 6.79. The molecule has 0 aromatic heterocycles. The van der Waals surface area contributed by atoms with Crippen molar-refractivity contribution in [3.63, 3.8) is 0 Å². The summed E-state index contributed by atoms with van der Waals surface area (Å²) in [5.74, 6) is -1.40. The largest absolute Gasteiger partial charge is 0.452 e. The Kier molecular flexibility index (Phi) is 5.40. The Morgan fingerprint density at radius 3 is 2.39 bits per heavy atom. The highest BCUT2D eigenvalue weighted by Gasteiger charge is 2.21. The molecule has 23 heavy (non-hydrogen) atoms. The molecule has 0 unspecified atom stereocenters. The number of amides is 1. The Labute approximate surface area is 132 Å². The first kappa shape index (κ1) is 16.2. The summed E-state index contributed by atoms with van der Waals surface area (Å²) in [5, 5.41) is 13.4. The third kappa shape index (κ3) is 4.63. The highest BCUT2D eigenvalue weighted by molar-refractivity contribution is 5.95. The van der Waals surface area contributed by atoms with E-state index in [0.717, 1.165) is 5.56 Å². The zero-order valence-electron chi connectivity index (χ0n) is 12.1. The fraction of sp³-hybridized carbons (Fsp3) is 0.125. The highest BCUT2D eigenvalue weighted by Crippen LogP contribution is 2.18. The lowest BCUT2D eigenvalue weighted by atomic mass is 10.2. The van der Waals surface area contributed by atoms with Crippen molar-refractivity contribution in [1.29, 1.82) is 0 Å². The van der Waals surface area contributed by atoms with Crippen molar-refractivity contribution in [2.24, 2.45) is 0 Å². The Morgan fingerprint density at radius 1 is 1.04 bits per heavy atom. The fourth-order valence-corrected chi connectivity index (χ4v) is 1.86. The number of nitrogens with one attached hydrogen (secondary N) is 1. The van der Waals surface area contributed by atoms with Crippen LogP contribution in [0.1, 0.15) is 15.9 Å². The van der Waals surface area contributed by atoms with Gasteiger partial charge in [0.05, 0.1) is 4.92 Å². The summed E-state index contributed by atoms with van der Waals surface area (Å²) in [5.41, 5.74) is 0.362. The molecule has 2 aromatic carbocycles. The van der Waals surface area contributed by atoms with E-state index in [1.54, 1.807) is 0 Å². The SMILES string of the molecule is O=C(COC(=O)c1ccccc1[N+](=O)[O-])NCc1ccccc1. The second-order valence-electron chi connectivity index (χ2n) is 4.61. The van der Waals surface area contributed by atoms with Crippen LogP contribution in [0.2, 0.25) is 0 Å². The molecule has 7 heteroatoms. The first-order valence-corrected chi connectivity index (χ1v) is 6.79. The van der Waals surface area contributed by atoms with Gasteiger partial charge in [0.25, 0.3) is 11.6 Å². The van der Waals surface area contributed by atoms with Crippen LogP contribution in [0.3, 0.4) is 0 Å². The Morgan fingerprint density at radius 2 is 1.70 bits per heavy atom. The lowest BCUT2D eigenvalue weighted by Gasteiger charge is -2.07. The average Bonchev–Trinajstić information content (AvgIpc) is 2.58. The Balaban J connectivity index is 1.87. The van der Waals surface area contributed by atoms with Crippen molar-refractivity contribution >= 4 is 17.6 Å². The van der Waals surface area contributed by atoms with Crippen molar-refractivity contribution < 1.29 is 19.2 Å². The molecule has 0 radical (unpaired) electrons. The molecule has 2 rings (SSSR count). The molecule has 0 fully saturated rings. The van der Waals surface area contributed by atoms with Crippen LogP contribution in [0.25, 0.3) is 0 Å². The van der Waals surface area contributed by atoms with E-state index in [-0.39, 0.29) is 11.3 Å². The van der Waals surface area contributed by atoms with Crippen molar-refractivity contribution in [2.75, 3.05) is 6.61 Å². The fourth-order valence-electron chi connectivity index (χ4n) is 1.86.